The summed E-state index contributed by atoms with van der Waals surface area (Å²) in [5.74, 6) is -0.273. The molecular formula is C16H26N2O3Si. The predicted molar refractivity (Wildman–Crippen MR) is 86.9 cm³/mol. The van der Waals surface area contributed by atoms with Crippen molar-refractivity contribution in [3.63, 3.8) is 0 Å². The summed E-state index contributed by atoms with van der Waals surface area (Å²) in [6.45, 7) is 10.4. The van der Waals surface area contributed by atoms with Gasteiger partial charge in [-0.05, 0) is 36.6 Å². The van der Waals surface area contributed by atoms with Gasteiger partial charge in [0.2, 0.25) is 0 Å². The molecule has 2 aliphatic rings. The van der Waals surface area contributed by atoms with Gasteiger partial charge in [-0.3, -0.25) is 0 Å². The lowest BCUT2D eigenvalue weighted by molar-refractivity contribution is 0.0668. The number of ether oxygens (including phenoxy) is 1. The van der Waals surface area contributed by atoms with Crippen LogP contribution in [0.15, 0.2) is 0 Å². The predicted octanol–water partition coefficient (Wildman–Crippen LogP) is 3.02. The first-order valence-corrected chi connectivity index (χ1v) is 11.8. The zero-order valence-corrected chi connectivity index (χ0v) is 15.0. The fourth-order valence-corrected chi connectivity index (χ4v) is 4.18. The quantitative estimate of drug-likeness (QED) is 0.646. The third kappa shape index (κ3) is 2.99. The lowest BCUT2D eigenvalue weighted by Gasteiger charge is -2.20. The SMILES string of the molecule is C[C@@]12Cc3c(c(C(=O)O)nn3COCC[Si](C)(C)C)C[C@@H]1C2. The lowest BCUT2D eigenvalue weighted by atomic mass is 9.87. The number of carboxylic acids is 1. The zero-order chi connectivity index (χ0) is 16.1. The number of aromatic nitrogens is 2. The van der Waals surface area contributed by atoms with Crippen molar-refractivity contribution in [3.05, 3.63) is 17.0 Å². The third-order valence-electron chi connectivity index (χ3n) is 5.14. The second-order valence-electron chi connectivity index (χ2n) is 8.36. The molecule has 122 valence electrons. The van der Waals surface area contributed by atoms with E-state index >= 15 is 0 Å². The Morgan fingerprint density at radius 3 is 2.86 bits per heavy atom. The van der Waals surface area contributed by atoms with E-state index in [2.05, 4.69) is 31.7 Å². The van der Waals surface area contributed by atoms with Gasteiger partial charge < -0.3 is 9.84 Å². The molecule has 6 heteroatoms. The summed E-state index contributed by atoms with van der Waals surface area (Å²) in [4.78, 5) is 11.4. The maximum absolute atomic E-state index is 11.4. The highest BCUT2D eigenvalue weighted by atomic mass is 28.3. The second kappa shape index (κ2) is 5.20. The first-order chi connectivity index (χ1) is 10.2. The highest BCUT2D eigenvalue weighted by Crippen LogP contribution is 2.59. The van der Waals surface area contributed by atoms with Crippen molar-refractivity contribution in [1.29, 1.82) is 0 Å². The molecule has 5 nitrogen and oxygen atoms in total. The fourth-order valence-electron chi connectivity index (χ4n) is 3.42. The molecule has 1 saturated carbocycles. The van der Waals surface area contributed by atoms with Crippen LogP contribution in [0.1, 0.15) is 35.1 Å². The summed E-state index contributed by atoms with van der Waals surface area (Å²) >= 11 is 0. The van der Waals surface area contributed by atoms with E-state index < -0.39 is 14.0 Å². The van der Waals surface area contributed by atoms with E-state index in [0.29, 0.717) is 18.1 Å². The zero-order valence-electron chi connectivity index (χ0n) is 14.0. The Balaban J connectivity index is 1.73. The van der Waals surface area contributed by atoms with E-state index in [1.807, 2.05) is 0 Å². The number of fused-ring (bicyclic) bond motifs is 2. The summed E-state index contributed by atoms with van der Waals surface area (Å²) in [6.07, 6.45) is 3.00. The lowest BCUT2D eigenvalue weighted by Crippen LogP contribution is -2.23. The summed E-state index contributed by atoms with van der Waals surface area (Å²) in [5, 5.41) is 13.7. The first kappa shape index (κ1) is 15.7. The number of aromatic carboxylic acids is 1. The van der Waals surface area contributed by atoms with Crippen LogP contribution in [0.4, 0.5) is 0 Å². The molecule has 22 heavy (non-hydrogen) atoms. The van der Waals surface area contributed by atoms with E-state index in [9.17, 15) is 9.90 Å². The van der Waals surface area contributed by atoms with Crippen molar-refractivity contribution >= 4 is 14.0 Å². The van der Waals surface area contributed by atoms with Crippen LogP contribution in [0.3, 0.4) is 0 Å². The number of nitrogens with zero attached hydrogens (tertiary/aromatic N) is 2. The molecule has 0 saturated heterocycles. The Hall–Kier alpha value is -1.14. The molecule has 0 bridgehead atoms. The van der Waals surface area contributed by atoms with Gasteiger partial charge in [-0.25, -0.2) is 9.48 Å². The van der Waals surface area contributed by atoms with Crippen LogP contribution < -0.4 is 0 Å². The van der Waals surface area contributed by atoms with E-state index in [1.165, 1.54) is 6.42 Å². The fraction of sp³-hybridized carbons (Fsp3) is 0.750. The van der Waals surface area contributed by atoms with Crippen molar-refractivity contribution in [1.82, 2.24) is 9.78 Å². The number of carbonyl (C=O) groups is 1. The molecule has 0 radical (unpaired) electrons. The van der Waals surface area contributed by atoms with E-state index in [1.54, 1.807) is 4.68 Å². The molecule has 1 aromatic rings. The van der Waals surface area contributed by atoms with Gasteiger partial charge in [0.05, 0.1) is 0 Å². The maximum atomic E-state index is 11.4. The minimum atomic E-state index is -1.10. The van der Waals surface area contributed by atoms with E-state index in [-0.39, 0.29) is 5.69 Å². The Kier molecular flexibility index (Phi) is 3.72. The molecule has 0 aromatic carbocycles. The van der Waals surface area contributed by atoms with Gasteiger partial charge in [0.25, 0.3) is 0 Å². The van der Waals surface area contributed by atoms with Crippen LogP contribution in [0.25, 0.3) is 0 Å². The van der Waals surface area contributed by atoms with Crippen LogP contribution in [0.5, 0.6) is 0 Å². The van der Waals surface area contributed by atoms with Crippen LogP contribution in [0.2, 0.25) is 25.7 Å². The molecule has 0 spiro atoms. The smallest absolute Gasteiger partial charge is 0.356 e. The summed E-state index contributed by atoms with van der Waals surface area (Å²) in [7, 11) is -1.10. The van der Waals surface area contributed by atoms with E-state index in [0.717, 1.165) is 36.8 Å². The molecule has 1 N–H and O–H groups in total. The van der Waals surface area contributed by atoms with Gasteiger partial charge in [0.1, 0.15) is 6.73 Å². The Morgan fingerprint density at radius 1 is 1.50 bits per heavy atom. The second-order valence-corrected chi connectivity index (χ2v) is 14.0. The first-order valence-electron chi connectivity index (χ1n) is 8.09. The highest BCUT2D eigenvalue weighted by molar-refractivity contribution is 6.76. The minimum Gasteiger partial charge on any atom is -0.476 e. The van der Waals surface area contributed by atoms with Gasteiger partial charge in [-0.1, -0.05) is 26.6 Å². The average molecular weight is 322 g/mol. The van der Waals surface area contributed by atoms with Crippen LogP contribution >= 0.6 is 0 Å². The summed E-state index contributed by atoms with van der Waals surface area (Å²) in [5.41, 5.74) is 2.62. The van der Waals surface area contributed by atoms with Crippen molar-refractivity contribution in [3.8, 4) is 0 Å². The number of hydrogen-bond donors (Lipinski definition) is 1. The molecule has 1 fully saturated rings. The highest BCUT2D eigenvalue weighted by Gasteiger charge is 2.54. The van der Waals surface area contributed by atoms with Crippen molar-refractivity contribution in [2.45, 2.75) is 58.6 Å². The Labute approximate surface area is 132 Å². The Morgan fingerprint density at radius 2 is 2.23 bits per heavy atom. The maximum Gasteiger partial charge on any atom is 0.356 e. The van der Waals surface area contributed by atoms with Gasteiger partial charge in [-0.15, -0.1) is 0 Å². The van der Waals surface area contributed by atoms with Crippen LogP contribution in [0, 0.1) is 11.3 Å². The molecular weight excluding hydrogens is 296 g/mol. The molecule has 0 amide bonds. The topological polar surface area (TPSA) is 64.3 Å². The molecule has 3 rings (SSSR count). The normalized spacial score (nSPS) is 26.5. The van der Waals surface area contributed by atoms with Crippen molar-refractivity contribution in [2.75, 3.05) is 6.61 Å². The minimum absolute atomic E-state index is 0.234. The monoisotopic (exact) mass is 322 g/mol. The molecule has 2 aliphatic carbocycles. The van der Waals surface area contributed by atoms with E-state index in [4.69, 9.17) is 4.74 Å². The van der Waals surface area contributed by atoms with Gasteiger partial charge >= 0.3 is 5.97 Å². The Bertz CT molecular complexity index is 605. The largest absolute Gasteiger partial charge is 0.476 e. The summed E-state index contributed by atoms with van der Waals surface area (Å²) in [6, 6.07) is 1.11. The molecule has 1 aromatic heterocycles. The molecule has 1 heterocycles. The molecule has 2 atom stereocenters. The van der Waals surface area contributed by atoms with Gasteiger partial charge in [0, 0.05) is 25.9 Å². The van der Waals surface area contributed by atoms with Crippen molar-refractivity contribution in [2.24, 2.45) is 11.3 Å². The molecule has 0 aliphatic heterocycles. The standard InChI is InChI=1S/C16H26N2O3Si/c1-16-8-11(16)7-12-13(9-16)18(17-14(12)15(19)20)10-21-5-6-22(2,3)4/h11H,5-10H2,1-4H3,(H,19,20)/t11-,16-/m1/s1. The van der Waals surface area contributed by atoms with Crippen LogP contribution in [-0.2, 0) is 24.3 Å². The summed E-state index contributed by atoms with van der Waals surface area (Å²) < 4.78 is 7.57. The third-order valence-corrected chi connectivity index (χ3v) is 6.84. The van der Waals surface area contributed by atoms with Gasteiger partial charge in [0.15, 0.2) is 5.69 Å². The van der Waals surface area contributed by atoms with Crippen LogP contribution in [-0.4, -0.2) is 35.5 Å². The van der Waals surface area contributed by atoms with Gasteiger partial charge in [-0.2, -0.15) is 5.10 Å². The van der Waals surface area contributed by atoms with Crippen molar-refractivity contribution < 1.29 is 14.6 Å². The number of carboxylic acid groups (broad SMARTS) is 1. The number of hydrogen-bond acceptors (Lipinski definition) is 3. The number of rotatable bonds is 6. The average Bonchev–Trinajstić information content (AvgIpc) is 2.93. The molecule has 0 unspecified atom stereocenters.